The topological polar surface area (TPSA) is 27.7 Å². The normalized spacial score (nSPS) is 15.1. The Morgan fingerprint density at radius 3 is 2.33 bits per heavy atom. The molecule has 5 heteroatoms. The zero-order valence-electron chi connectivity index (χ0n) is 19.9. The molecule has 0 aliphatic heterocycles. The van der Waals surface area contributed by atoms with Crippen molar-refractivity contribution in [3.8, 4) is 5.75 Å². The Labute approximate surface area is 199 Å². The summed E-state index contributed by atoms with van der Waals surface area (Å²) in [6.07, 6.45) is 12.4. The maximum absolute atomic E-state index is 6.47. The van der Waals surface area contributed by atoms with Crippen LogP contribution in [-0.2, 0) is 15.8 Å². The van der Waals surface area contributed by atoms with Crippen LogP contribution in [0.5, 0.6) is 5.75 Å². The molecule has 0 N–H and O–H groups in total. The van der Waals surface area contributed by atoms with E-state index in [4.69, 9.17) is 13.9 Å². The predicted octanol–water partition coefficient (Wildman–Crippen LogP) is 7.71. The third-order valence-corrected chi connectivity index (χ3v) is 11.0. The lowest BCUT2D eigenvalue weighted by Gasteiger charge is -2.38. The first-order valence-corrected chi connectivity index (χ1v) is 15.3. The highest BCUT2D eigenvalue weighted by atomic mass is 127. The quantitative estimate of drug-likeness (QED) is 0.0837. The summed E-state index contributed by atoms with van der Waals surface area (Å²) in [6, 6.07) is 8.06. The highest BCUT2D eigenvalue weighted by molar-refractivity contribution is 14.1. The van der Waals surface area contributed by atoms with Crippen molar-refractivity contribution >= 4 is 30.9 Å². The largest absolute Gasteiger partial charge is 0.497 e. The van der Waals surface area contributed by atoms with Gasteiger partial charge in [-0.1, -0.05) is 79.8 Å². The second kappa shape index (κ2) is 13.7. The first kappa shape index (κ1) is 27.4. The van der Waals surface area contributed by atoms with Crippen LogP contribution in [0, 0.1) is 0 Å². The molecule has 30 heavy (non-hydrogen) atoms. The van der Waals surface area contributed by atoms with Gasteiger partial charge >= 0.3 is 0 Å². The van der Waals surface area contributed by atoms with Gasteiger partial charge in [-0.25, -0.2) is 0 Å². The summed E-state index contributed by atoms with van der Waals surface area (Å²) in [7, 11) is -0.0372. The molecule has 0 unspecified atom stereocenters. The summed E-state index contributed by atoms with van der Waals surface area (Å²) in [4.78, 5) is 0. The average molecular weight is 545 g/mol. The maximum atomic E-state index is 6.47. The fourth-order valence-electron chi connectivity index (χ4n) is 2.61. The van der Waals surface area contributed by atoms with Crippen molar-refractivity contribution in [1.82, 2.24) is 0 Å². The highest BCUT2D eigenvalue weighted by Crippen LogP contribution is 2.37. The number of benzene rings is 1. The minimum atomic E-state index is -1.72. The number of halogens is 1. The van der Waals surface area contributed by atoms with E-state index in [0.717, 1.165) is 29.4 Å². The van der Waals surface area contributed by atoms with Crippen molar-refractivity contribution < 1.29 is 13.9 Å². The van der Waals surface area contributed by atoms with Crippen molar-refractivity contribution in [2.75, 3.05) is 11.5 Å². The Balaban J connectivity index is 2.27. The minimum Gasteiger partial charge on any atom is -0.497 e. The van der Waals surface area contributed by atoms with Crippen molar-refractivity contribution in [2.24, 2.45) is 0 Å². The van der Waals surface area contributed by atoms with E-state index < -0.39 is 8.32 Å². The zero-order valence-corrected chi connectivity index (χ0v) is 23.1. The average Bonchev–Trinajstić information content (AvgIpc) is 2.70. The lowest BCUT2D eigenvalue weighted by atomic mass is 10.1. The summed E-state index contributed by atoms with van der Waals surface area (Å²) < 4.78 is 18.6. The molecule has 0 bridgehead atoms. The Morgan fingerprint density at radius 1 is 1.10 bits per heavy atom. The number of unbranched alkanes of at least 4 members (excludes halogenated alkanes) is 1. The predicted molar refractivity (Wildman–Crippen MR) is 140 cm³/mol. The van der Waals surface area contributed by atoms with Gasteiger partial charge in [-0.3, -0.25) is 0 Å². The molecule has 170 valence electrons. The van der Waals surface area contributed by atoms with Gasteiger partial charge in [-0.05, 0) is 62.0 Å². The lowest BCUT2D eigenvalue weighted by molar-refractivity contribution is 0.0465. The second-order valence-electron chi connectivity index (χ2n) is 9.28. The van der Waals surface area contributed by atoms with E-state index in [1.54, 1.807) is 7.11 Å². The van der Waals surface area contributed by atoms with Gasteiger partial charge < -0.3 is 13.9 Å². The number of ether oxygens (including phenoxy) is 2. The molecule has 0 fully saturated rings. The van der Waals surface area contributed by atoms with Gasteiger partial charge in [0.25, 0.3) is 0 Å². The molecule has 0 aliphatic rings. The molecule has 0 spiro atoms. The Hall–Kier alpha value is -0.633. The van der Waals surface area contributed by atoms with Gasteiger partial charge in [0, 0.05) is 4.43 Å². The Morgan fingerprint density at radius 2 is 1.77 bits per heavy atom. The highest BCUT2D eigenvalue weighted by Gasteiger charge is 2.38. The van der Waals surface area contributed by atoms with Crippen LogP contribution in [0.4, 0.5) is 0 Å². The van der Waals surface area contributed by atoms with Gasteiger partial charge in [0.05, 0.1) is 25.9 Å². The van der Waals surface area contributed by atoms with Crippen LogP contribution in [-0.4, -0.2) is 32.1 Å². The molecule has 0 saturated carbocycles. The smallest absolute Gasteiger partial charge is 0.192 e. The number of allylic oxidation sites excluding steroid dienone is 3. The number of alkyl halides is 1. The van der Waals surface area contributed by atoms with Crippen LogP contribution in [0.2, 0.25) is 18.1 Å². The summed E-state index contributed by atoms with van der Waals surface area (Å²) in [5.74, 6) is 0.879. The molecular formula is C25H41IO3Si. The molecule has 0 aliphatic carbocycles. The van der Waals surface area contributed by atoms with E-state index in [0.29, 0.717) is 6.61 Å². The summed E-state index contributed by atoms with van der Waals surface area (Å²) in [6.45, 7) is 14.3. The van der Waals surface area contributed by atoms with E-state index in [2.05, 4.69) is 99.8 Å². The van der Waals surface area contributed by atoms with Gasteiger partial charge in [0.2, 0.25) is 0 Å². The van der Waals surface area contributed by atoms with Crippen LogP contribution >= 0.6 is 22.6 Å². The van der Waals surface area contributed by atoms with Crippen molar-refractivity contribution in [2.45, 2.75) is 83.9 Å². The first-order chi connectivity index (χ1) is 14.1. The Kier molecular flexibility index (Phi) is 12.5. The standard InChI is InChI=1S/C25H41IO3Si/c1-21(28-20-22-15-17-23(27-5)18-16-22)13-11-9-8-10-12-14-24(19-26)29-30(6,7)25(2,3)4/h8,10,12,14-18,21,24H,9,11,13,19-20H2,1-7H3/b10-8+,14-12+/t21-,24+/m1/s1. The monoisotopic (exact) mass is 544 g/mol. The number of hydrogen-bond donors (Lipinski definition) is 0. The third-order valence-electron chi connectivity index (χ3n) is 5.65. The van der Waals surface area contributed by atoms with E-state index >= 15 is 0 Å². The lowest BCUT2D eigenvalue weighted by Crippen LogP contribution is -2.43. The summed E-state index contributed by atoms with van der Waals surface area (Å²) >= 11 is 2.42. The van der Waals surface area contributed by atoms with Crippen LogP contribution in [0.25, 0.3) is 0 Å². The molecule has 0 amide bonds. The van der Waals surface area contributed by atoms with Crippen LogP contribution in [0.1, 0.15) is 52.5 Å². The molecule has 0 aromatic heterocycles. The van der Waals surface area contributed by atoms with Crippen LogP contribution in [0.3, 0.4) is 0 Å². The van der Waals surface area contributed by atoms with Gasteiger partial charge in [-0.15, -0.1) is 0 Å². The van der Waals surface area contributed by atoms with E-state index in [1.807, 2.05) is 12.1 Å². The summed E-state index contributed by atoms with van der Waals surface area (Å²) in [5.41, 5.74) is 1.18. The first-order valence-electron chi connectivity index (χ1n) is 10.9. The number of rotatable bonds is 13. The van der Waals surface area contributed by atoms with Crippen LogP contribution < -0.4 is 4.74 Å². The molecule has 1 aromatic carbocycles. The Bertz CT molecular complexity index is 647. The maximum Gasteiger partial charge on any atom is 0.192 e. The fraction of sp³-hybridized carbons (Fsp3) is 0.600. The van der Waals surface area contributed by atoms with Gasteiger partial charge in [0.1, 0.15) is 5.75 Å². The molecule has 2 atom stereocenters. The van der Waals surface area contributed by atoms with Gasteiger partial charge in [0.15, 0.2) is 8.32 Å². The van der Waals surface area contributed by atoms with Crippen molar-refractivity contribution in [3.63, 3.8) is 0 Å². The van der Waals surface area contributed by atoms with Crippen molar-refractivity contribution in [3.05, 3.63) is 54.1 Å². The molecule has 0 radical (unpaired) electrons. The van der Waals surface area contributed by atoms with Crippen LogP contribution in [0.15, 0.2) is 48.6 Å². The van der Waals surface area contributed by atoms with Gasteiger partial charge in [-0.2, -0.15) is 0 Å². The number of methoxy groups -OCH3 is 1. The third kappa shape index (κ3) is 10.6. The second-order valence-corrected chi connectivity index (χ2v) is 14.9. The van der Waals surface area contributed by atoms with E-state index in [1.165, 1.54) is 5.56 Å². The fourth-order valence-corrected chi connectivity index (χ4v) is 4.69. The zero-order chi connectivity index (χ0) is 22.6. The molecular weight excluding hydrogens is 503 g/mol. The molecule has 1 aromatic rings. The molecule has 3 nitrogen and oxygen atoms in total. The molecule has 1 rings (SSSR count). The minimum absolute atomic E-state index is 0.197. The van der Waals surface area contributed by atoms with E-state index in [9.17, 15) is 0 Å². The summed E-state index contributed by atoms with van der Waals surface area (Å²) in [5, 5.41) is 0.243. The van der Waals surface area contributed by atoms with E-state index in [-0.39, 0.29) is 17.2 Å². The molecule has 0 saturated heterocycles. The SMILES string of the molecule is COc1ccc(CO[C@H](C)CCC/C=C/C=C/[C@@H](CI)O[Si](C)(C)C(C)(C)C)cc1. The molecule has 0 heterocycles. The van der Waals surface area contributed by atoms with Crippen molar-refractivity contribution in [1.29, 1.82) is 0 Å². The number of hydrogen-bond acceptors (Lipinski definition) is 3.